The van der Waals surface area contributed by atoms with Crippen molar-refractivity contribution in [1.82, 2.24) is 0 Å². The minimum atomic E-state index is -1.12. The predicted octanol–water partition coefficient (Wildman–Crippen LogP) is 1.05. The van der Waals surface area contributed by atoms with Crippen LogP contribution in [0.5, 0.6) is 0 Å². The quantitative estimate of drug-likeness (QED) is 0.729. The zero-order valence-electron chi connectivity index (χ0n) is 13.4. The summed E-state index contributed by atoms with van der Waals surface area (Å²) in [6.07, 6.45) is 0.739. The van der Waals surface area contributed by atoms with Gasteiger partial charge in [0.25, 0.3) is 0 Å². The highest BCUT2D eigenvalue weighted by Crippen LogP contribution is 2.63. The summed E-state index contributed by atoms with van der Waals surface area (Å²) < 4.78 is 16.7. The molecule has 1 saturated heterocycles. The van der Waals surface area contributed by atoms with Gasteiger partial charge in [-0.3, -0.25) is 9.59 Å². The molecule has 0 amide bonds. The summed E-state index contributed by atoms with van der Waals surface area (Å²) in [4.78, 5) is 24.8. The summed E-state index contributed by atoms with van der Waals surface area (Å²) in [5, 5.41) is 10.5. The van der Waals surface area contributed by atoms with Crippen LogP contribution in [0.15, 0.2) is 0 Å². The lowest BCUT2D eigenvalue weighted by Gasteiger charge is -2.60. The van der Waals surface area contributed by atoms with Crippen LogP contribution in [0.3, 0.4) is 0 Å². The smallest absolute Gasteiger partial charge is 0.314 e. The number of hydrogen-bond donors (Lipinski definition) is 1. The van der Waals surface area contributed by atoms with Gasteiger partial charge in [0.1, 0.15) is 5.78 Å². The zero-order valence-corrected chi connectivity index (χ0v) is 13.4. The normalized spacial score (nSPS) is 43.9. The van der Waals surface area contributed by atoms with E-state index in [1.807, 2.05) is 6.92 Å². The SMILES string of the molecule is COC(=O)C1(C)[C@@H](O)CC[C@@]2(C)[C@H]1CC(=O)CC21OCCO1. The Labute approximate surface area is 130 Å². The number of fused-ring (bicyclic) bond motifs is 2. The van der Waals surface area contributed by atoms with Crippen molar-refractivity contribution in [3.8, 4) is 0 Å². The Morgan fingerprint density at radius 2 is 1.95 bits per heavy atom. The molecule has 2 saturated carbocycles. The highest BCUT2D eigenvalue weighted by Gasteiger charge is 2.69. The molecule has 3 rings (SSSR count). The number of hydrogen-bond acceptors (Lipinski definition) is 6. The van der Waals surface area contributed by atoms with Gasteiger partial charge in [0.05, 0.1) is 38.3 Å². The van der Waals surface area contributed by atoms with Crippen molar-refractivity contribution in [2.24, 2.45) is 16.7 Å². The van der Waals surface area contributed by atoms with Gasteiger partial charge in [-0.1, -0.05) is 6.92 Å². The highest BCUT2D eigenvalue weighted by atomic mass is 16.7. The van der Waals surface area contributed by atoms with Crippen LogP contribution in [-0.4, -0.2) is 49.1 Å². The molecule has 2 aliphatic carbocycles. The molecular formula is C16H24O6. The number of methoxy groups -OCH3 is 1. The Balaban J connectivity index is 2.09. The van der Waals surface area contributed by atoms with Crippen molar-refractivity contribution in [1.29, 1.82) is 0 Å². The first-order valence-corrected chi connectivity index (χ1v) is 7.86. The van der Waals surface area contributed by atoms with Gasteiger partial charge >= 0.3 is 5.97 Å². The average molecular weight is 312 g/mol. The molecule has 3 fully saturated rings. The summed E-state index contributed by atoms with van der Waals surface area (Å²) in [5.74, 6) is -1.80. The standard InChI is InChI=1S/C16H24O6/c1-14-5-4-12(18)15(2,13(19)20-3)11(14)8-10(17)9-16(14)21-6-7-22-16/h11-12,18H,4-9H2,1-3H3/t11-,12+,14+,15?/m1/s1. The maximum atomic E-state index is 12.4. The molecule has 0 aromatic rings. The van der Waals surface area contributed by atoms with Crippen molar-refractivity contribution in [2.45, 2.75) is 51.4 Å². The van der Waals surface area contributed by atoms with Gasteiger partial charge in [0.2, 0.25) is 0 Å². The van der Waals surface area contributed by atoms with E-state index in [4.69, 9.17) is 14.2 Å². The number of aliphatic hydroxyl groups is 1. The first-order valence-electron chi connectivity index (χ1n) is 7.86. The fraction of sp³-hybridized carbons (Fsp3) is 0.875. The van der Waals surface area contributed by atoms with E-state index in [1.54, 1.807) is 6.92 Å². The lowest BCUT2D eigenvalue weighted by molar-refractivity contribution is -0.291. The zero-order chi connectivity index (χ0) is 16.2. The van der Waals surface area contributed by atoms with Crippen LogP contribution < -0.4 is 0 Å². The molecule has 1 N–H and O–H groups in total. The van der Waals surface area contributed by atoms with E-state index < -0.39 is 28.7 Å². The minimum absolute atomic E-state index is 0.00797. The Kier molecular flexibility index (Phi) is 3.62. The number of ketones is 1. The van der Waals surface area contributed by atoms with Gasteiger partial charge in [-0.2, -0.15) is 0 Å². The fourth-order valence-corrected chi connectivity index (χ4v) is 4.84. The van der Waals surface area contributed by atoms with E-state index in [2.05, 4.69) is 0 Å². The monoisotopic (exact) mass is 312 g/mol. The molecule has 1 heterocycles. The van der Waals surface area contributed by atoms with Gasteiger partial charge in [0.15, 0.2) is 5.79 Å². The lowest BCUT2D eigenvalue weighted by Crippen LogP contribution is -2.66. The molecule has 0 radical (unpaired) electrons. The van der Waals surface area contributed by atoms with Crippen LogP contribution in [0.1, 0.15) is 39.5 Å². The van der Waals surface area contributed by atoms with Crippen molar-refractivity contribution >= 4 is 11.8 Å². The first-order chi connectivity index (χ1) is 10.3. The molecule has 1 spiro atoms. The molecule has 1 aliphatic heterocycles. The third-order valence-electron chi connectivity index (χ3n) is 6.23. The van der Waals surface area contributed by atoms with Crippen molar-refractivity contribution in [3.63, 3.8) is 0 Å². The number of esters is 1. The average Bonchev–Trinajstić information content (AvgIpc) is 2.95. The van der Waals surface area contributed by atoms with Crippen molar-refractivity contribution in [3.05, 3.63) is 0 Å². The number of carbonyl (C=O) groups excluding carboxylic acids is 2. The minimum Gasteiger partial charge on any atom is -0.469 e. The van der Waals surface area contributed by atoms with Crippen LogP contribution in [0, 0.1) is 16.7 Å². The Bertz CT molecular complexity index is 497. The molecule has 3 aliphatic rings. The van der Waals surface area contributed by atoms with Crippen LogP contribution >= 0.6 is 0 Å². The lowest BCUT2D eigenvalue weighted by atomic mass is 9.48. The third kappa shape index (κ3) is 1.83. The molecule has 6 heteroatoms. The molecule has 124 valence electrons. The maximum absolute atomic E-state index is 12.4. The van der Waals surface area contributed by atoms with Gasteiger partial charge in [-0.05, 0) is 25.7 Å². The number of ether oxygens (including phenoxy) is 3. The number of Topliss-reactive ketones (excluding diaryl/α,β-unsaturated/α-hetero) is 1. The molecule has 0 aromatic carbocycles. The fourth-order valence-electron chi connectivity index (χ4n) is 4.84. The molecule has 0 aromatic heterocycles. The Morgan fingerprint density at radius 3 is 2.55 bits per heavy atom. The summed E-state index contributed by atoms with van der Waals surface area (Å²) in [6, 6.07) is 0. The third-order valence-corrected chi connectivity index (χ3v) is 6.23. The van der Waals surface area contributed by atoms with Crippen LogP contribution in [0.25, 0.3) is 0 Å². The number of aliphatic hydroxyl groups excluding tert-OH is 1. The van der Waals surface area contributed by atoms with Gasteiger partial charge in [-0.25, -0.2) is 0 Å². The molecule has 1 unspecified atom stereocenters. The predicted molar refractivity (Wildman–Crippen MR) is 75.8 cm³/mol. The van der Waals surface area contributed by atoms with Gasteiger partial charge in [-0.15, -0.1) is 0 Å². The Hall–Kier alpha value is -0.980. The van der Waals surface area contributed by atoms with Crippen LogP contribution in [0.2, 0.25) is 0 Å². The summed E-state index contributed by atoms with van der Waals surface area (Å²) in [5.41, 5.74) is -1.63. The molecular weight excluding hydrogens is 288 g/mol. The van der Waals surface area contributed by atoms with E-state index >= 15 is 0 Å². The van der Waals surface area contributed by atoms with Gasteiger partial charge < -0.3 is 19.3 Å². The highest BCUT2D eigenvalue weighted by molar-refractivity contribution is 5.84. The van der Waals surface area contributed by atoms with Gasteiger partial charge in [0, 0.05) is 11.8 Å². The van der Waals surface area contributed by atoms with Crippen LogP contribution in [-0.2, 0) is 23.8 Å². The van der Waals surface area contributed by atoms with E-state index in [1.165, 1.54) is 7.11 Å². The molecule has 6 nitrogen and oxygen atoms in total. The second-order valence-corrected chi connectivity index (χ2v) is 7.17. The van der Waals surface area contributed by atoms with Crippen molar-refractivity contribution in [2.75, 3.05) is 20.3 Å². The molecule has 0 bridgehead atoms. The number of rotatable bonds is 1. The largest absolute Gasteiger partial charge is 0.469 e. The molecule has 4 atom stereocenters. The van der Waals surface area contributed by atoms with Crippen LogP contribution in [0.4, 0.5) is 0 Å². The number of carbonyl (C=O) groups is 2. The molecule has 22 heavy (non-hydrogen) atoms. The first kappa shape index (κ1) is 15.9. The second kappa shape index (κ2) is 5.01. The topological polar surface area (TPSA) is 82.1 Å². The summed E-state index contributed by atoms with van der Waals surface area (Å²) in [6.45, 7) is 4.62. The van der Waals surface area contributed by atoms with E-state index in [0.29, 0.717) is 26.1 Å². The Morgan fingerprint density at radius 1 is 1.32 bits per heavy atom. The summed E-state index contributed by atoms with van der Waals surface area (Å²) >= 11 is 0. The summed E-state index contributed by atoms with van der Waals surface area (Å²) in [7, 11) is 1.31. The second-order valence-electron chi connectivity index (χ2n) is 7.17. The van der Waals surface area contributed by atoms with Crippen molar-refractivity contribution < 1.29 is 28.9 Å². The van der Waals surface area contributed by atoms with E-state index in [9.17, 15) is 14.7 Å². The van der Waals surface area contributed by atoms with E-state index in [0.717, 1.165) is 0 Å². The van der Waals surface area contributed by atoms with E-state index in [-0.39, 0.29) is 24.5 Å². The maximum Gasteiger partial charge on any atom is 0.314 e.